The summed E-state index contributed by atoms with van der Waals surface area (Å²) in [5.74, 6) is 0.537. The number of pyridine rings is 1. The lowest BCUT2D eigenvalue weighted by atomic mass is 10.00. The van der Waals surface area contributed by atoms with E-state index in [1.54, 1.807) is 6.20 Å². The highest BCUT2D eigenvalue weighted by Crippen LogP contribution is 2.24. The number of benzene rings is 1. The van der Waals surface area contributed by atoms with Gasteiger partial charge in [0.15, 0.2) is 0 Å². The van der Waals surface area contributed by atoms with E-state index in [-0.39, 0.29) is 5.91 Å². The summed E-state index contributed by atoms with van der Waals surface area (Å²) in [6.45, 7) is 8.43. The van der Waals surface area contributed by atoms with Gasteiger partial charge in [-0.05, 0) is 61.9 Å². The molecule has 126 valence electrons. The first-order chi connectivity index (χ1) is 11.5. The fraction of sp³-hybridized carbons (Fsp3) is 0.400. The molecule has 1 aromatic carbocycles. The zero-order valence-electron chi connectivity index (χ0n) is 14.7. The van der Waals surface area contributed by atoms with Crippen molar-refractivity contribution in [1.82, 2.24) is 4.98 Å². The predicted octanol–water partition coefficient (Wildman–Crippen LogP) is 4.19. The minimum Gasteiger partial charge on any atom is -0.371 e. The zero-order chi connectivity index (χ0) is 17.1. The Kier molecular flexibility index (Phi) is 4.84. The molecule has 1 atom stereocenters. The minimum atomic E-state index is -0.157. The van der Waals surface area contributed by atoms with Crippen molar-refractivity contribution >= 4 is 17.3 Å². The van der Waals surface area contributed by atoms with Crippen LogP contribution in [0.1, 0.15) is 41.4 Å². The zero-order valence-corrected chi connectivity index (χ0v) is 14.7. The van der Waals surface area contributed by atoms with Crippen LogP contribution < -0.4 is 10.2 Å². The van der Waals surface area contributed by atoms with Gasteiger partial charge in [-0.25, -0.2) is 0 Å². The van der Waals surface area contributed by atoms with Gasteiger partial charge in [0, 0.05) is 30.7 Å². The lowest BCUT2D eigenvalue weighted by Crippen LogP contribution is -2.34. The van der Waals surface area contributed by atoms with E-state index >= 15 is 0 Å². The van der Waals surface area contributed by atoms with E-state index in [0.717, 1.165) is 35.6 Å². The number of piperidine rings is 1. The van der Waals surface area contributed by atoms with Crippen LogP contribution in [0, 0.1) is 19.8 Å². The summed E-state index contributed by atoms with van der Waals surface area (Å²) in [4.78, 5) is 19.2. The SMILES string of the molecule is Cc1cccc(NC(=O)c2cc(N3CCCC(C)C3)ccn2)c1C. The van der Waals surface area contributed by atoms with Crippen LogP contribution >= 0.6 is 0 Å². The number of nitrogens with one attached hydrogen (secondary N) is 1. The molecule has 2 aromatic rings. The van der Waals surface area contributed by atoms with Crippen molar-refractivity contribution in [1.29, 1.82) is 0 Å². The smallest absolute Gasteiger partial charge is 0.274 e. The molecule has 1 aliphatic rings. The molecule has 2 heterocycles. The van der Waals surface area contributed by atoms with Crippen LogP contribution in [0.15, 0.2) is 36.5 Å². The van der Waals surface area contributed by atoms with Crippen molar-refractivity contribution in [3.05, 3.63) is 53.3 Å². The fourth-order valence-corrected chi connectivity index (χ4v) is 3.24. The normalized spacial score (nSPS) is 17.6. The topological polar surface area (TPSA) is 45.2 Å². The van der Waals surface area contributed by atoms with Crippen molar-refractivity contribution in [2.75, 3.05) is 23.3 Å². The summed E-state index contributed by atoms with van der Waals surface area (Å²) < 4.78 is 0. The second-order valence-electron chi connectivity index (χ2n) is 6.79. The summed E-state index contributed by atoms with van der Waals surface area (Å²) in [6.07, 6.45) is 4.21. The predicted molar refractivity (Wildman–Crippen MR) is 98.7 cm³/mol. The van der Waals surface area contributed by atoms with Crippen molar-refractivity contribution in [2.24, 2.45) is 5.92 Å². The van der Waals surface area contributed by atoms with Crippen molar-refractivity contribution in [3.8, 4) is 0 Å². The number of anilines is 2. The summed E-state index contributed by atoms with van der Waals surface area (Å²) in [7, 11) is 0. The van der Waals surface area contributed by atoms with E-state index < -0.39 is 0 Å². The number of hydrogen-bond donors (Lipinski definition) is 1. The Labute approximate surface area is 143 Å². The van der Waals surface area contributed by atoms with Gasteiger partial charge in [0.2, 0.25) is 0 Å². The average Bonchev–Trinajstić information content (AvgIpc) is 2.59. The first-order valence-electron chi connectivity index (χ1n) is 8.63. The number of carbonyl (C=O) groups is 1. The maximum atomic E-state index is 12.6. The van der Waals surface area contributed by atoms with Gasteiger partial charge in [-0.2, -0.15) is 0 Å². The molecular formula is C20H25N3O. The van der Waals surface area contributed by atoms with E-state index in [0.29, 0.717) is 11.6 Å². The van der Waals surface area contributed by atoms with E-state index in [2.05, 4.69) is 22.1 Å². The number of amides is 1. The Morgan fingerprint density at radius 1 is 1.29 bits per heavy atom. The molecule has 1 fully saturated rings. The molecule has 4 nitrogen and oxygen atoms in total. The van der Waals surface area contributed by atoms with Crippen LogP contribution in [0.5, 0.6) is 0 Å². The molecule has 1 N–H and O–H groups in total. The molecule has 0 radical (unpaired) electrons. The van der Waals surface area contributed by atoms with E-state index in [1.165, 1.54) is 12.8 Å². The third-order valence-corrected chi connectivity index (χ3v) is 4.85. The molecule has 4 heteroatoms. The monoisotopic (exact) mass is 323 g/mol. The second-order valence-corrected chi connectivity index (χ2v) is 6.79. The highest BCUT2D eigenvalue weighted by atomic mass is 16.1. The lowest BCUT2D eigenvalue weighted by molar-refractivity contribution is 0.102. The Morgan fingerprint density at radius 3 is 2.92 bits per heavy atom. The van der Waals surface area contributed by atoms with E-state index in [1.807, 2.05) is 44.2 Å². The number of hydrogen-bond acceptors (Lipinski definition) is 3. The van der Waals surface area contributed by atoms with Gasteiger partial charge in [0.25, 0.3) is 5.91 Å². The third kappa shape index (κ3) is 3.58. The maximum Gasteiger partial charge on any atom is 0.274 e. The molecule has 0 aliphatic carbocycles. The van der Waals surface area contributed by atoms with Gasteiger partial charge in [-0.1, -0.05) is 19.1 Å². The molecule has 24 heavy (non-hydrogen) atoms. The Bertz CT molecular complexity index is 741. The third-order valence-electron chi connectivity index (χ3n) is 4.85. The summed E-state index contributed by atoms with van der Waals surface area (Å²) in [5, 5.41) is 2.99. The molecule has 1 aromatic heterocycles. The number of aromatic nitrogens is 1. The standard InChI is InChI=1S/C20H25N3O/c1-14-6-5-11-23(13-14)17-9-10-21-19(12-17)20(24)22-18-8-4-7-15(2)16(18)3/h4,7-10,12,14H,5-6,11,13H2,1-3H3,(H,22,24). The van der Waals surface area contributed by atoms with Gasteiger partial charge in [0.1, 0.15) is 5.69 Å². The first kappa shape index (κ1) is 16.5. The number of nitrogens with zero attached hydrogens (tertiary/aromatic N) is 2. The van der Waals surface area contributed by atoms with E-state index in [4.69, 9.17) is 0 Å². The van der Waals surface area contributed by atoms with Gasteiger partial charge in [0.05, 0.1) is 0 Å². The summed E-state index contributed by atoms with van der Waals surface area (Å²) >= 11 is 0. The first-order valence-corrected chi connectivity index (χ1v) is 8.63. The highest BCUT2D eigenvalue weighted by molar-refractivity contribution is 6.03. The average molecular weight is 323 g/mol. The van der Waals surface area contributed by atoms with Crippen LogP contribution in [0.4, 0.5) is 11.4 Å². The van der Waals surface area contributed by atoms with Gasteiger partial charge >= 0.3 is 0 Å². The molecule has 0 saturated carbocycles. The van der Waals surface area contributed by atoms with Crippen LogP contribution in [-0.2, 0) is 0 Å². The number of rotatable bonds is 3. The van der Waals surface area contributed by atoms with Crippen molar-refractivity contribution < 1.29 is 4.79 Å². The Balaban J connectivity index is 1.78. The Morgan fingerprint density at radius 2 is 2.12 bits per heavy atom. The van der Waals surface area contributed by atoms with Crippen molar-refractivity contribution in [2.45, 2.75) is 33.6 Å². The molecule has 1 saturated heterocycles. The van der Waals surface area contributed by atoms with Gasteiger partial charge < -0.3 is 10.2 Å². The molecule has 1 amide bonds. The maximum absolute atomic E-state index is 12.6. The number of carbonyl (C=O) groups excluding carboxylic acids is 1. The quantitative estimate of drug-likeness (QED) is 0.921. The van der Waals surface area contributed by atoms with Crippen LogP contribution in [0.3, 0.4) is 0 Å². The summed E-state index contributed by atoms with van der Waals surface area (Å²) in [6, 6.07) is 9.82. The Hall–Kier alpha value is -2.36. The second kappa shape index (κ2) is 7.04. The van der Waals surface area contributed by atoms with Crippen LogP contribution in [0.25, 0.3) is 0 Å². The van der Waals surface area contributed by atoms with E-state index in [9.17, 15) is 4.79 Å². The minimum absolute atomic E-state index is 0.157. The molecular weight excluding hydrogens is 298 g/mol. The molecule has 0 spiro atoms. The van der Waals surface area contributed by atoms with Crippen molar-refractivity contribution in [3.63, 3.8) is 0 Å². The molecule has 1 unspecified atom stereocenters. The number of aryl methyl sites for hydroxylation is 1. The molecule has 0 bridgehead atoms. The molecule has 1 aliphatic heterocycles. The fourth-order valence-electron chi connectivity index (χ4n) is 3.24. The van der Waals surface area contributed by atoms with Crippen LogP contribution in [0.2, 0.25) is 0 Å². The largest absolute Gasteiger partial charge is 0.371 e. The van der Waals surface area contributed by atoms with Gasteiger partial charge in [-0.3, -0.25) is 9.78 Å². The highest BCUT2D eigenvalue weighted by Gasteiger charge is 2.18. The van der Waals surface area contributed by atoms with Gasteiger partial charge in [-0.15, -0.1) is 0 Å². The van der Waals surface area contributed by atoms with Crippen LogP contribution in [-0.4, -0.2) is 24.0 Å². The summed E-state index contributed by atoms with van der Waals surface area (Å²) in [5.41, 5.74) is 4.65. The molecule has 3 rings (SSSR count). The lowest BCUT2D eigenvalue weighted by Gasteiger charge is -2.32.